The van der Waals surface area contributed by atoms with E-state index in [9.17, 15) is 0 Å². The van der Waals surface area contributed by atoms with E-state index in [4.69, 9.17) is 12.5 Å². The van der Waals surface area contributed by atoms with Gasteiger partial charge in [0.15, 0.2) is 5.82 Å². The first-order valence-electron chi connectivity index (χ1n) is 16.6. The van der Waals surface area contributed by atoms with Crippen LogP contribution in [0.1, 0.15) is 55.4 Å². The summed E-state index contributed by atoms with van der Waals surface area (Å²) in [6.45, 7) is 12.4. The highest BCUT2D eigenvalue weighted by Gasteiger charge is 2.17. The normalized spacial score (nSPS) is 13.2. The molecule has 0 fully saturated rings. The number of nitrogens with zero attached hydrogens (tertiary/aromatic N) is 5. The zero-order valence-corrected chi connectivity index (χ0v) is 27.1. The minimum absolute atomic E-state index is 0.0480. The second kappa shape index (κ2) is 11.3. The molecule has 6 nitrogen and oxygen atoms in total. The molecule has 0 saturated carbocycles. The Morgan fingerprint density at radius 3 is 2.35 bits per heavy atom. The summed E-state index contributed by atoms with van der Waals surface area (Å²) in [5, 5.41) is 2.14. The summed E-state index contributed by atoms with van der Waals surface area (Å²) < 4.78 is 30.1. The van der Waals surface area contributed by atoms with E-state index in [2.05, 4.69) is 79.1 Å². The first-order chi connectivity index (χ1) is 22.8. The van der Waals surface area contributed by atoms with Crippen molar-refractivity contribution in [2.24, 2.45) is 5.41 Å². The Morgan fingerprint density at radius 1 is 0.761 bits per heavy atom. The van der Waals surface area contributed by atoms with Gasteiger partial charge in [0.2, 0.25) is 0 Å². The summed E-state index contributed by atoms with van der Waals surface area (Å²) in [4.78, 5) is 9.30. The van der Waals surface area contributed by atoms with Crippen LogP contribution in [0.4, 0.5) is 0 Å². The van der Waals surface area contributed by atoms with Crippen molar-refractivity contribution in [2.75, 3.05) is 0 Å². The number of imidazole rings is 1. The van der Waals surface area contributed by atoms with E-state index < -0.39 is 11.8 Å². The quantitative estimate of drug-likeness (QED) is 0.140. The van der Waals surface area contributed by atoms with Gasteiger partial charge >= 0.3 is 0 Å². The molecule has 0 bridgehead atoms. The molecule has 0 unspecified atom stereocenters. The standard InChI is InChI=1S/C40H39N5O/c1-39(2,3)26-28-16-18-42-38(22-28)45-35-13-8-7-12-33(35)34-15-14-31(24-36(34)45)46-32-17-19-41-37(25-32)44-21-20-43(27-44)30-11-9-10-29(23-30)40(4,5)6/h7-25H,26H2,1-6H3/i26D2. The highest BCUT2D eigenvalue weighted by Crippen LogP contribution is 2.35. The van der Waals surface area contributed by atoms with Crippen LogP contribution in [0.2, 0.25) is 0 Å². The van der Waals surface area contributed by atoms with Crippen molar-refractivity contribution >= 4 is 21.8 Å². The fourth-order valence-electron chi connectivity index (χ4n) is 5.75. The van der Waals surface area contributed by atoms with Gasteiger partial charge in [-0.2, -0.15) is 0 Å². The van der Waals surface area contributed by atoms with Crippen LogP contribution >= 0.6 is 0 Å². The van der Waals surface area contributed by atoms with E-state index in [-0.39, 0.29) is 5.41 Å². The van der Waals surface area contributed by atoms with Crippen molar-refractivity contribution in [1.82, 2.24) is 19.1 Å². The molecule has 7 rings (SSSR count). The first-order valence-corrected chi connectivity index (χ1v) is 15.6. The lowest BCUT2D eigenvalue weighted by molar-refractivity contribution is -0.599. The van der Waals surface area contributed by atoms with Crippen molar-refractivity contribution in [3.63, 3.8) is 0 Å². The van der Waals surface area contributed by atoms with Crippen LogP contribution in [-0.2, 0) is 11.8 Å². The van der Waals surface area contributed by atoms with Gasteiger partial charge in [-0.3, -0.25) is 18.7 Å². The van der Waals surface area contributed by atoms with Crippen molar-refractivity contribution < 1.29 is 12.0 Å². The summed E-state index contributed by atoms with van der Waals surface area (Å²) in [7, 11) is 0. The number of rotatable bonds is 6. The van der Waals surface area contributed by atoms with E-state index in [1.165, 1.54) is 5.56 Å². The third-order valence-electron chi connectivity index (χ3n) is 7.91. The maximum absolute atomic E-state index is 8.88. The van der Waals surface area contributed by atoms with Gasteiger partial charge in [0, 0.05) is 50.4 Å². The summed E-state index contributed by atoms with van der Waals surface area (Å²) in [6.07, 6.45) is 9.16. The Balaban J connectivity index is 1.24. The Bertz CT molecular complexity index is 2290. The molecule has 0 N–H and O–H groups in total. The Hall–Kier alpha value is -5.23. The van der Waals surface area contributed by atoms with Gasteiger partial charge in [0.25, 0.3) is 6.33 Å². The van der Waals surface area contributed by atoms with Crippen molar-refractivity contribution in [3.05, 3.63) is 133 Å². The summed E-state index contributed by atoms with van der Waals surface area (Å²) in [5.74, 6) is 2.64. The topological polar surface area (TPSA) is 48.8 Å². The number of pyridine rings is 2. The van der Waals surface area contributed by atoms with Gasteiger partial charge in [-0.15, -0.1) is 0 Å². The second-order valence-corrected chi connectivity index (χ2v) is 13.7. The molecule has 0 aliphatic carbocycles. The third-order valence-corrected chi connectivity index (χ3v) is 7.91. The monoisotopic (exact) mass is 607 g/mol. The van der Waals surface area contributed by atoms with Gasteiger partial charge in [-0.25, -0.2) is 4.98 Å². The molecule has 4 aromatic heterocycles. The number of hydrogen-bond acceptors (Lipinski definition) is 3. The molecule has 4 heterocycles. The van der Waals surface area contributed by atoms with Crippen LogP contribution in [0, 0.1) is 11.7 Å². The minimum atomic E-state index is -1.55. The zero-order chi connectivity index (χ0) is 33.8. The largest absolute Gasteiger partial charge is 0.458 e. The van der Waals surface area contributed by atoms with Crippen LogP contribution in [0.3, 0.4) is 0 Å². The highest BCUT2D eigenvalue weighted by molar-refractivity contribution is 6.09. The molecule has 0 aliphatic rings. The molecule has 6 heteroatoms. The molecule has 0 spiro atoms. The van der Waals surface area contributed by atoms with E-state index in [1.807, 2.05) is 84.8 Å². The highest BCUT2D eigenvalue weighted by atomic mass is 16.5. The predicted molar refractivity (Wildman–Crippen MR) is 184 cm³/mol. The number of fused-ring (bicyclic) bond motifs is 3. The smallest absolute Gasteiger partial charge is 0.270 e. The van der Waals surface area contributed by atoms with Crippen LogP contribution in [0.15, 0.2) is 116 Å². The number of para-hydroxylation sites is 1. The Kier molecular flexibility index (Phi) is 6.65. The summed E-state index contributed by atoms with van der Waals surface area (Å²) in [5.41, 5.74) is 4.24. The van der Waals surface area contributed by atoms with Crippen LogP contribution < -0.4 is 9.30 Å². The lowest BCUT2D eigenvalue weighted by atomic mass is 9.87. The number of benzene rings is 3. The van der Waals surface area contributed by atoms with Gasteiger partial charge in [-0.1, -0.05) is 71.9 Å². The van der Waals surface area contributed by atoms with Crippen molar-refractivity contribution in [3.8, 4) is 28.8 Å². The third kappa shape index (κ3) is 5.91. The van der Waals surface area contributed by atoms with Crippen LogP contribution in [0.25, 0.3) is 39.1 Å². The van der Waals surface area contributed by atoms with E-state index in [0.717, 1.165) is 27.5 Å². The van der Waals surface area contributed by atoms with Gasteiger partial charge < -0.3 is 4.74 Å². The Morgan fingerprint density at radius 2 is 1.52 bits per heavy atom. The Labute approximate surface area is 273 Å². The molecule has 230 valence electrons. The zero-order valence-electron chi connectivity index (χ0n) is 29.1. The molecular weight excluding hydrogens is 566 g/mol. The molecule has 0 aliphatic heterocycles. The molecule has 3 aromatic carbocycles. The van der Waals surface area contributed by atoms with E-state index >= 15 is 0 Å². The molecule has 0 amide bonds. The fraction of sp³-hybridized carbons (Fsp3) is 0.225. The molecular formula is C40H39N5O. The molecule has 0 atom stereocenters. The molecule has 7 aromatic rings. The van der Waals surface area contributed by atoms with E-state index in [1.54, 1.807) is 18.5 Å². The van der Waals surface area contributed by atoms with Gasteiger partial charge in [0.1, 0.15) is 17.3 Å². The lowest BCUT2D eigenvalue weighted by Crippen LogP contribution is -2.29. The summed E-state index contributed by atoms with van der Waals surface area (Å²) in [6, 6.07) is 30.1. The summed E-state index contributed by atoms with van der Waals surface area (Å²) >= 11 is 0. The van der Waals surface area contributed by atoms with Gasteiger partial charge in [-0.05, 0) is 76.9 Å². The van der Waals surface area contributed by atoms with Crippen LogP contribution in [0.5, 0.6) is 11.5 Å². The number of hydrogen-bond donors (Lipinski definition) is 0. The molecule has 0 radical (unpaired) electrons. The first kappa shape index (κ1) is 27.1. The lowest BCUT2D eigenvalue weighted by Gasteiger charge is -2.19. The average Bonchev–Trinajstić information content (AvgIpc) is 3.68. The SMILES string of the molecule is [2H]C([2H])(c1ccnc(-n2c3ccccc3c3ccc(Oc4ccnc(-n5[c-][n+](-c6cccc(C(C)(C)C)c6)cc5)c4)cc32)c1)C(C)(C)C. The van der Waals surface area contributed by atoms with Crippen molar-refractivity contribution in [1.29, 1.82) is 0 Å². The fourth-order valence-corrected chi connectivity index (χ4v) is 5.75. The average molecular weight is 608 g/mol. The van der Waals surface area contributed by atoms with Crippen molar-refractivity contribution in [2.45, 2.75) is 53.3 Å². The predicted octanol–water partition coefficient (Wildman–Crippen LogP) is 9.12. The maximum atomic E-state index is 8.88. The molecule has 0 saturated heterocycles. The molecule has 46 heavy (non-hydrogen) atoms. The second-order valence-electron chi connectivity index (χ2n) is 13.7. The van der Waals surface area contributed by atoms with Crippen LogP contribution in [-0.4, -0.2) is 19.1 Å². The maximum Gasteiger partial charge on any atom is 0.270 e. The number of ether oxygens (including phenoxy) is 1. The van der Waals surface area contributed by atoms with Gasteiger partial charge in [0.05, 0.1) is 16.7 Å². The minimum Gasteiger partial charge on any atom is -0.458 e. The number of aromatic nitrogens is 5. The van der Waals surface area contributed by atoms with E-state index in [0.29, 0.717) is 28.7 Å².